The monoisotopic (exact) mass is 399 g/mol. The predicted octanol–water partition coefficient (Wildman–Crippen LogP) is 1.12. The number of halogens is 1. The lowest BCUT2D eigenvalue weighted by Gasteiger charge is -2.12. The molecular formula is C11H14INO5S. The van der Waals surface area contributed by atoms with Gasteiger partial charge in [0.25, 0.3) is 0 Å². The Bertz CT molecular complexity index is 587. The van der Waals surface area contributed by atoms with E-state index in [0.717, 1.165) is 15.4 Å². The number of hydrogen-bond donors (Lipinski definition) is 1. The fourth-order valence-corrected chi connectivity index (χ4v) is 3.14. The zero-order valence-electron chi connectivity index (χ0n) is 10.5. The lowest BCUT2D eigenvalue weighted by molar-refractivity contribution is 0.171. The second kappa shape index (κ2) is 5.71. The average molecular weight is 399 g/mol. The zero-order valence-corrected chi connectivity index (χ0v) is 13.5. The molecule has 0 atom stereocenters. The maximum Gasteiger partial charge on any atom is 0.231 e. The molecule has 1 aromatic rings. The van der Waals surface area contributed by atoms with Crippen LogP contribution in [-0.4, -0.2) is 35.1 Å². The van der Waals surface area contributed by atoms with E-state index in [1.807, 2.05) is 6.07 Å². The van der Waals surface area contributed by atoms with Crippen LogP contribution in [0.5, 0.6) is 17.2 Å². The summed E-state index contributed by atoms with van der Waals surface area (Å²) in [5.41, 5.74) is 0.956. The molecule has 2 rings (SSSR count). The molecule has 8 heteroatoms. The first-order valence-corrected chi connectivity index (χ1v) is 8.49. The number of hydrogen-bond acceptors (Lipinski definition) is 5. The molecule has 106 valence electrons. The molecular weight excluding hydrogens is 385 g/mol. The second-order valence-corrected chi connectivity index (χ2v) is 6.94. The fraction of sp³-hybridized carbons (Fsp3) is 0.455. The van der Waals surface area contributed by atoms with Crippen molar-refractivity contribution in [2.24, 2.45) is 0 Å². The quantitative estimate of drug-likeness (QED) is 0.752. The van der Waals surface area contributed by atoms with Crippen LogP contribution in [0.2, 0.25) is 0 Å². The Balaban J connectivity index is 2.22. The highest BCUT2D eigenvalue weighted by molar-refractivity contribution is 14.1. The van der Waals surface area contributed by atoms with Gasteiger partial charge in [0.15, 0.2) is 11.5 Å². The molecule has 0 amide bonds. The molecule has 19 heavy (non-hydrogen) atoms. The van der Waals surface area contributed by atoms with Crippen LogP contribution in [0.15, 0.2) is 6.07 Å². The van der Waals surface area contributed by atoms with Crippen molar-refractivity contribution in [1.29, 1.82) is 0 Å². The van der Waals surface area contributed by atoms with Gasteiger partial charge in [-0.1, -0.05) is 0 Å². The maximum atomic E-state index is 11.0. The van der Waals surface area contributed by atoms with E-state index in [9.17, 15) is 8.42 Å². The summed E-state index contributed by atoms with van der Waals surface area (Å²) in [6.45, 7) is 0.504. The van der Waals surface area contributed by atoms with Gasteiger partial charge in [-0.25, -0.2) is 13.1 Å². The van der Waals surface area contributed by atoms with E-state index in [4.69, 9.17) is 14.2 Å². The van der Waals surface area contributed by atoms with E-state index in [1.54, 1.807) is 7.11 Å². The third kappa shape index (κ3) is 3.42. The van der Waals surface area contributed by atoms with Gasteiger partial charge in [-0.2, -0.15) is 0 Å². The molecule has 0 aromatic heterocycles. The molecule has 0 spiro atoms. The number of fused-ring (bicyclic) bond motifs is 1. The summed E-state index contributed by atoms with van der Waals surface area (Å²) >= 11 is 2.16. The zero-order chi connectivity index (χ0) is 14.0. The van der Waals surface area contributed by atoms with Gasteiger partial charge < -0.3 is 14.2 Å². The topological polar surface area (TPSA) is 73.9 Å². The Morgan fingerprint density at radius 2 is 2.21 bits per heavy atom. The van der Waals surface area contributed by atoms with Crippen LogP contribution in [0.1, 0.15) is 5.56 Å². The summed E-state index contributed by atoms with van der Waals surface area (Å²) in [5.74, 6) is 1.86. The summed E-state index contributed by atoms with van der Waals surface area (Å²) in [4.78, 5) is 0. The van der Waals surface area contributed by atoms with Gasteiger partial charge >= 0.3 is 0 Å². The number of rotatable bonds is 5. The van der Waals surface area contributed by atoms with E-state index in [0.29, 0.717) is 30.2 Å². The van der Waals surface area contributed by atoms with Crippen molar-refractivity contribution in [3.05, 3.63) is 15.2 Å². The standard InChI is InChI=1S/C11H14INO5S/c1-16-11-9(12)7(3-4-13-19(2,14)15)5-8-10(11)18-6-17-8/h5,13H,3-4,6H2,1-2H3. The normalized spacial score (nSPS) is 13.6. The van der Waals surface area contributed by atoms with Gasteiger partial charge in [0.2, 0.25) is 22.6 Å². The predicted molar refractivity (Wildman–Crippen MR) is 78.4 cm³/mol. The van der Waals surface area contributed by atoms with Crippen LogP contribution < -0.4 is 18.9 Å². The van der Waals surface area contributed by atoms with Crippen molar-refractivity contribution in [3.8, 4) is 17.2 Å². The Kier molecular flexibility index (Phi) is 4.41. The van der Waals surface area contributed by atoms with Gasteiger partial charge in [-0.05, 0) is 40.6 Å². The second-order valence-electron chi connectivity index (χ2n) is 4.03. The van der Waals surface area contributed by atoms with Crippen LogP contribution >= 0.6 is 22.6 Å². The van der Waals surface area contributed by atoms with E-state index in [-0.39, 0.29) is 6.79 Å². The van der Waals surface area contributed by atoms with Gasteiger partial charge in [0, 0.05) is 6.54 Å². The minimum Gasteiger partial charge on any atom is -0.492 e. The average Bonchev–Trinajstić information content (AvgIpc) is 2.76. The lowest BCUT2D eigenvalue weighted by Crippen LogP contribution is -2.24. The Morgan fingerprint density at radius 3 is 2.84 bits per heavy atom. The van der Waals surface area contributed by atoms with Crippen molar-refractivity contribution in [3.63, 3.8) is 0 Å². The van der Waals surface area contributed by atoms with E-state index in [2.05, 4.69) is 27.3 Å². The minimum atomic E-state index is -3.17. The van der Waals surface area contributed by atoms with Gasteiger partial charge in [0.1, 0.15) is 0 Å². The summed E-state index contributed by atoms with van der Waals surface area (Å²) in [6, 6.07) is 1.86. The molecule has 0 aliphatic carbocycles. The smallest absolute Gasteiger partial charge is 0.231 e. The number of benzene rings is 1. The largest absolute Gasteiger partial charge is 0.492 e. The summed E-state index contributed by atoms with van der Waals surface area (Å²) in [5, 5.41) is 0. The Labute approximate surface area is 125 Å². The molecule has 1 aromatic carbocycles. The van der Waals surface area contributed by atoms with Crippen molar-refractivity contribution in [2.75, 3.05) is 26.7 Å². The molecule has 0 bridgehead atoms. The number of sulfonamides is 1. The van der Waals surface area contributed by atoms with Crippen LogP contribution in [0.25, 0.3) is 0 Å². The highest BCUT2D eigenvalue weighted by Crippen LogP contribution is 2.45. The molecule has 0 saturated carbocycles. The van der Waals surface area contributed by atoms with Crippen LogP contribution in [0, 0.1) is 3.57 Å². The molecule has 1 heterocycles. The third-order valence-corrected chi connectivity index (χ3v) is 4.51. The fourth-order valence-electron chi connectivity index (χ4n) is 1.78. The van der Waals surface area contributed by atoms with Crippen molar-refractivity contribution >= 4 is 32.6 Å². The van der Waals surface area contributed by atoms with E-state index in [1.165, 1.54) is 0 Å². The molecule has 1 aliphatic heterocycles. The van der Waals surface area contributed by atoms with Crippen LogP contribution in [0.4, 0.5) is 0 Å². The molecule has 0 radical (unpaired) electrons. The number of methoxy groups -OCH3 is 1. The highest BCUT2D eigenvalue weighted by Gasteiger charge is 2.24. The van der Waals surface area contributed by atoms with Crippen LogP contribution in [0.3, 0.4) is 0 Å². The first kappa shape index (κ1) is 14.7. The van der Waals surface area contributed by atoms with Crippen LogP contribution in [-0.2, 0) is 16.4 Å². The molecule has 0 fully saturated rings. The first-order chi connectivity index (χ1) is 8.92. The van der Waals surface area contributed by atoms with Crippen molar-refractivity contribution < 1.29 is 22.6 Å². The summed E-state index contributed by atoms with van der Waals surface area (Å²) in [6.07, 6.45) is 1.69. The van der Waals surface area contributed by atoms with Gasteiger partial charge in [0.05, 0.1) is 16.9 Å². The van der Waals surface area contributed by atoms with Crippen molar-refractivity contribution in [1.82, 2.24) is 4.72 Å². The SMILES string of the molecule is COc1c(I)c(CCNS(C)(=O)=O)cc2c1OCO2. The number of nitrogens with one attached hydrogen (secondary N) is 1. The molecule has 0 saturated heterocycles. The molecule has 6 nitrogen and oxygen atoms in total. The van der Waals surface area contributed by atoms with Gasteiger partial charge in [-0.15, -0.1) is 0 Å². The third-order valence-electron chi connectivity index (χ3n) is 2.60. The van der Waals surface area contributed by atoms with Crippen molar-refractivity contribution in [2.45, 2.75) is 6.42 Å². The Hall–Kier alpha value is -0.740. The molecule has 0 unspecified atom stereocenters. The van der Waals surface area contributed by atoms with Gasteiger partial charge in [-0.3, -0.25) is 0 Å². The summed E-state index contributed by atoms with van der Waals surface area (Å²) < 4.78 is 41.4. The number of ether oxygens (including phenoxy) is 3. The Morgan fingerprint density at radius 1 is 1.47 bits per heavy atom. The first-order valence-electron chi connectivity index (χ1n) is 5.52. The van der Waals surface area contributed by atoms with E-state index < -0.39 is 10.0 Å². The minimum absolute atomic E-state index is 0.173. The molecule has 1 N–H and O–H groups in total. The lowest BCUT2D eigenvalue weighted by atomic mass is 10.1. The summed E-state index contributed by atoms with van der Waals surface area (Å²) in [7, 11) is -1.61. The molecule has 1 aliphatic rings. The van der Waals surface area contributed by atoms with E-state index >= 15 is 0 Å². The highest BCUT2D eigenvalue weighted by atomic mass is 127. The maximum absolute atomic E-state index is 11.0.